The second-order valence-electron chi connectivity index (χ2n) is 3.90. The van der Waals surface area contributed by atoms with Gasteiger partial charge in [-0.2, -0.15) is 0 Å². The molecule has 100 valence electrons. The van der Waals surface area contributed by atoms with E-state index in [1.165, 1.54) is 6.20 Å². The molecule has 0 bridgehead atoms. The summed E-state index contributed by atoms with van der Waals surface area (Å²) in [5.41, 5.74) is 3.84. The van der Waals surface area contributed by atoms with Crippen LogP contribution in [0.5, 0.6) is 0 Å². The van der Waals surface area contributed by atoms with Gasteiger partial charge in [-0.15, -0.1) is 0 Å². The Kier molecular flexibility index (Phi) is 4.62. The summed E-state index contributed by atoms with van der Waals surface area (Å²) >= 11 is 0. The Bertz CT molecular complexity index is 542. The van der Waals surface area contributed by atoms with Crippen LogP contribution in [0.15, 0.2) is 12.3 Å². The highest BCUT2D eigenvalue weighted by molar-refractivity contribution is 7.90. The molecule has 0 aliphatic rings. The molecule has 0 saturated carbocycles. The van der Waals surface area contributed by atoms with Crippen molar-refractivity contribution in [3.8, 4) is 0 Å². The minimum atomic E-state index is -3.10. The number of aromatic nitrogens is 1. The molecule has 4 N–H and O–H groups in total. The van der Waals surface area contributed by atoms with Crippen molar-refractivity contribution < 1.29 is 13.2 Å². The molecule has 1 heterocycles. The van der Waals surface area contributed by atoms with Gasteiger partial charge in [0, 0.05) is 24.7 Å². The number of nitrogen functional groups attached to an aromatic ring is 1. The summed E-state index contributed by atoms with van der Waals surface area (Å²) in [7, 11) is -3.10. The summed E-state index contributed by atoms with van der Waals surface area (Å²) in [5, 5.41) is 2.50. The quantitative estimate of drug-likeness (QED) is 0.489. The van der Waals surface area contributed by atoms with E-state index < -0.39 is 15.7 Å². The van der Waals surface area contributed by atoms with E-state index in [9.17, 15) is 13.2 Å². The maximum Gasteiger partial charge on any atom is 0.255 e. The number of rotatable bonds is 5. The molecule has 1 aromatic rings. The largest absolute Gasteiger partial charge is 0.351 e. The van der Waals surface area contributed by atoms with Crippen LogP contribution >= 0.6 is 0 Å². The van der Waals surface area contributed by atoms with Gasteiger partial charge < -0.3 is 10.7 Å². The van der Waals surface area contributed by atoms with Crippen LogP contribution in [-0.4, -0.2) is 37.9 Å². The number of nitrogens with two attached hydrogens (primary N) is 1. The van der Waals surface area contributed by atoms with Gasteiger partial charge in [0.05, 0.1) is 17.0 Å². The van der Waals surface area contributed by atoms with Crippen LogP contribution in [0.3, 0.4) is 0 Å². The number of nitrogens with one attached hydrogen (secondary N) is 2. The second-order valence-corrected chi connectivity index (χ2v) is 6.16. The third-order valence-corrected chi connectivity index (χ3v) is 3.14. The minimum Gasteiger partial charge on any atom is -0.351 e. The van der Waals surface area contributed by atoms with E-state index in [0.717, 1.165) is 11.9 Å². The molecule has 0 radical (unpaired) electrons. The summed E-state index contributed by atoms with van der Waals surface area (Å²) < 4.78 is 21.8. The molecule has 1 amide bonds. The fraction of sp³-hybridized carbons (Fsp3) is 0.400. The van der Waals surface area contributed by atoms with Crippen molar-refractivity contribution in [1.82, 2.24) is 10.3 Å². The highest BCUT2D eigenvalue weighted by Crippen LogP contribution is 2.13. The first-order chi connectivity index (χ1) is 8.33. The zero-order valence-corrected chi connectivity index (χ0v) is 11.0. The van der Waals surface area contributed by atoms with E-state index in [1.54, 1.807) is 13.0 Å². The van der Waals surface area contributed by atoms with E-state index in [1.807, 2.05) is 0 Å². The predicted octanol–water partition coefficient (Wildman–Crippen LogP) is -0.550. The lowest BCUT2D eigenvalue weighted by Crippen LogP contribution is -2.30. The van der Waals surface area contributed by atoms with Crippen LogP contribution in [0.25, 0.3) is 0 Å². The van der Waals surface area contributed by atoms with Gasteiger partial charge in [-0.1, -0.05) is 0 Å². The highest BCUT2D eigenvalue weighted by Gasteiger charge is 2.12. The lowest BCUT2D eigenvalue weighted by molar-refractivity contribution is 0.0956. The molecule has 0 spiro atoms. The Morgan fingerprint density at radius 2 is 2.17 bits per heavy atom. The van der Waals surface area contributed by atoms with Crippen molar-refractivity contribution in [1.29, 1.82) is 0 Å². The summed E-state index contributed by atoms with van der Waals surface area (Å²) in [6.07, 6.45) is 2.50. The van der Waals surface area contributed by atoms with Crippen LogP contribution < -0.4 is 16.6 Å². The zero-order chi connectivity index (χ0) is 13.8. The molecular formula is C10H16N4O3S. The molecule has 1 rings (SSSR count). The second kappa shape index (κ2) is 5.78. The van der Waals surface area contributed by atoms with Gasteiger partial charge in [0.15, 0.2) is 0 Å². The number of pyridine rings is 1. The van der Waals surface area contributed by atoms with Crippen molar-refractivity contribution in [2.45, 2.75) is 6.92 Å². The Balaban J connectivity index is 2.73. The lowest BCUT2D eigenvalue weighted by Gasteiger charge is -2.09. The van der Waals surface area contributed by atoms with E-state index in [4.69, 9.17) is 5.84 Å². The summed E-state index contributed by atoms with van der Waals surface area (Å²) in [5.74, 6) is 4.78. The molecule has 0 aliphatic carbocycles. The first-order valence-electron chi connectivity index (χ1n) is 5.22. The number of hydrogen-bond acceptors (Lipinski definition) is 6. The van der Waals surface area contributed by atoms with Crippen molar-refractivity contribution >= 4 is 21.4 Å². The Labute approximate surface area is 106 Å². The maximum atomic E-state index is 11.8. The van der Waals surface area contributed by atoms with E-state index >= 15 is 0 Å². The number of sulfone groups is 1. The summed E-state index contributed by atoms with van der Waals surface area (Å²) in [6, 6.07) is 1.63. The average molecular weight is 272 g/mol. The molecule has 1 aromatic heterocycles. The molecule has 7 nitrogen and oxygen atoms in total. The number of amides is 1. The van der Waals surface area contributed by atoms with E-state index in [2.05, 4.69) is 15.7 Å². The molecule has 0 fully saturated rings. The fourth-order valence-corrected chi connectivity index (χ4v) is 1.78. The Morgan fingerprint density at radius 3 is 2.72 bits per heavy atom. The summed E-state index contributed by atoms with van der Waals surface area (Å²) in [4.78, 5) is 15.8. The predicted molar refractivity (Wildman–Crippen MR) is 68.8 cm³/mol. The standard InChI is InChI=1S/C10H16N4O3S/c1-7-5-9(14-11)8(6-13-7)10(15)12-3-4-18(2,16)17/h5-6H,3-4,11H2,1-2H3,(H,12,15)(H,13,14). The first kappa shape index (κ1) is 14.4. The van der Waals surface area contributed by atoms with E-state index in [0.29, 0.717) is 5.69 Å². The topological polar surface area (TPSA) is 114 Å². The third-order valence-electron chi connectivity index (χ3n) is 2.20. The van der Waals surface area contributed by atoms with Gasteiger partial charge >= 0.3 is 0 Å². The summed E-state index contributed by atoms with van der Waals surface area (Å²) in [6.45, 7) is 1.82. The van der Waals surface area contributed by atoms with Crippen molar-refractivity contribution in [3.05, 3.63) is 23.5 Å². The van der Waals surface area contributed by atoms with Crippen LogP contribution in [0.2, 0.25) is 0 Å². The Morgan fingerprint density at radius 1 is 1.50 bits per heavy atom. The maximum absolute atomic E-state index is 11.8. The molecule has 0 unspecified atom stereocenters. The number of anilines is 1. The smallest absolute Gasteiger partial charge is 0.255 e. The SMILES string of the molecule is Cc1cc(NN)c(C(=O)NCCS(C)(=O)=O)cn1. The molecule has 18 heavy (non-hydrogen) atoms. The van der Waals surface area contributed by atoms with Crippen molar-refractivity contribution in [2.75, 3.05) is 24.0 Å². The van der Waals surface area contributed by atoms with Gasteiger partial charge in [0.25, 0.3) is 5.91 Å². The molecule has 0 aromatic carbocycles. The van der Waals surface area contributed by atoms with Gasteiger partial charge in [-0.25, -0.2) is 8.42 Å². The highest BCUT2D eigenvalue weighted by atomic mass is 32.2. The third kappa shape index (κ3) is 4.30. The van der Waals surface area contributed by atoms with Crippen molar-refractivity contribution in [2.24, 2.45) is 5.84 Å². The number of carbonyl (C=O) groups excluding carboxylic acids is 1. The molecule has 0 aliphatic heterocycles. The number of nitrogens with zero attached hydrogens (tertiary/aromatic N) is 1. The van der Waals surface area contributed by atoms with Gasteiger partial charge in [-0.3, -0.25) is 15.6 Å². The normalized spacial score (nSPS) is 11.1. The van der Waals surface area contributed by atoms with Crippen LogP contribution in [0.4, 0.5) is 5.69 Å². The number of aryl methyl sites for hydroxylation is 1. The Hall–Kier alpha value is -1.67. The molecule has 8 heteroatoms. The van der Waals surface area contributed by atoms with Crippen LogP contribution in [-0.2, 0) is 9.84 Å². The number of hydrogen-bond donors (Lipinski definition) is 3. The average Bonchev–Trinajstić information content (AvgIpc) is 2.26. The van der Waals surface area contributed by atoms with Gasteiger partial charge in [-0.05, 0) is 13.0 Å². The first-order valence-corrected chi connectivity index (χ1v) is 7.28. The molecular weight excluding hydrogens is 256 g/mol. The van der Waals surface area contributed by atoms with Crippen LogP contribution in [0.1, 0.15) is 16.1 Å². The number of hydrazine groups is 1. The minimum absolute atomic E-state index is 0.0511. The number of carbonyl (C=O) groups is 1. The van der Waals surface area contributed by atoms with Crippen molar-refractivity contribution in [3.63, 3.8) is 0 Å². The lowest BCUT2D eigenvalue weighted by atomic mass is 10.2. The van der Waals surface area contributed by atoms with Gasteiger partial charge in [0.1, 0.15) is 9.84 Å². The van der Waals surface area contributed by atoms with Crippen LogP contribution in [0, 0.1) is 6.92 Å². The van der Waals surface area contributed by atoms with Gasteiger partial charge in [0.2, 0.25) is 0 Å². The monoisotopic (exact) mass is 272 g/mol. The van der Waals surface area contributed by atoms with E-state index in [-0.39, 0.29) is 17.9 Å². The fourth-order valence-electron chi connectivity index (χ4n) is 1.31. The molecule has 0 saturated heterocycles. The molecule has 0 atom stereocenters. The zero-order valence-electron chi connectivity index (χ0n) is 10.2.